The standard InChI is InChI=1S/C17H12Br2Cl2N6/c18-11-3-1-10(2-4-11)9-26-17(23-24-25-26)13-8-22-27(16(13)19)12-5-6-14(20)15(21)7-12/h1-8,24-25H,9H2. The number of aromatic nitrogens is 2. The van der Waals surface area contributed by atoms with Gasteiger partial charge in [0.1, 0.15) is 4.60 Å². The summed E-state index contributed by atoms with van der Waals surface area (Å²) in [5.41, 5.74) is 8.59. The minimum Gasteiger partial charge on any atom is -0.266 e. The highest BCUT2D eigenvalue weighted by Crippen LogP contribution is 2.28. The second kappa shape index (κ2) is 7.81. The summed E-state index contributed by atoms with van der Waals surface area (Å²) in [6, 6.07) is 13.5. The van der Waals surface area contributed by atoms with Crippen molar-refractivity contribution in [1.29, 1.82) is 0 Å². The zero-order valence-electron chi connectivity index (χ0n) is 13.6. The van der Waals surface area contributed by atoms with Gasteiger partial charge in [0.05, 0.1) is 34.0 Å². The number of amidine groups is 1. The normalized spacial score (nSPS) is 13.6. The number of nitrogens with one attached hydrogen (secondary N) is 2. The molecule has 4 rings (SSSR count). The van der Waals surface area contributed by atoms with Crippen molar-refractivity contribution in [2.24, 2.45) is 5.10 Å². The van der Waals surface area contributed by atoms with Crippen molar-refractivity contribution in [2.75, 3.05) is 0 Å². The molecule has 1 aliphatic rings. The summed E-state index contributed by atoms with van der Waals surface area (Å²) in [4.78, 5) is 0. The molecule has 2 aromatic carbocycles. The first kappa shape index (κ1) is 18.8. The van der Waals surface area contributed by atoms with Gasteiger partial charge < -0.3 is 0 Å². The quantitative estimate of drug-likeness (QED) is 0.504. The van der Waals surface area contributed by atoms with Crippen LogP contribution in [0.2, 0.25) is 10.0 Å². The lowest BCUT2D eigenvalue weighted by Gasteiger charge is -2.18. The monoisotopic (exact) mass is 528 g/mol. The third kappa shape index (κ3) is 3.86. The van der Waals surface area contributed by atoms with Gasteiger partial charge in [-0.05, 0) is 51.8 Å². The van der Waals surface area contributed by atoms with Gasteiger partial charge in [-0.15, -0.1) is 10.6 Å². The number of hydrazine groups is 2. The molecule has 0 bridgehead atoms. The Labute approximate surface area is 182 Å². The van der Waals surface area contributed by atoms with Crippen LogP contribution in [0.4, 0.5) is 0 Å². The summed E-state index contributed by atoms with van der Waals surface area (Å²) in [5.74, 6) is 0.719. The van der Waals surface area contributed by atoms with Gasteiger partial charge in [0.2, 0.25) is 0 Å². The maximum Gasteiger partial charge on any atom is 0.177 e. The molecule has 0 atom stereocenters. The SMILES string of the molecule is Clc1ccc(-n2ncc(C3=NNNN3Cc3ccc(Br)cc3)c2Br)cc1Cl. The second-order valence-electron chi connectivity index (χ2n) is 5.73. The molecule has 0 radical (unpaired) electrons. The summed E-state index contributed by atoms with van der Waals surface area (Å²) < 4.78 is 3.53. The first-order valence-electron chi connectivity index (χ1n) is 7.82. The highest BCUT2D eigenvalue weighted by Gasteiger charge is 2.24. The van der Waals surface area contributed by atoms with Crippen LogP contribution in [0.15, 0.2) is 62.8 Å². The molecular weight excluding hydrogens is 519 g/mol. The molecule has 0 unspecified atom stereocenters. The van der Waals surface area contributed by atoms with Gasteiger partial charge >= 0.3 is 0 Å². The van der Waals surface area contributed by atoms with Gasteiger partial charge in [0.25, 0.3) is 0 Å². The summed E-state index contributed by atoms with van der Waals surface area (Å²) in [5, 5.41) is 11.7. The number of hydrazone groups is 1. The third-order valence-corrected chi connectivity index (χ3v) is 5.99. The minimum absolute atomic E-state index is 0.469. The second-order valence-corrected chi connectivity index (χ2v) is 8.21. The van der Waals surface area contributed by atoms with Gasteiger partial charge in [-0.3, -0.25) is 5.01 Å². The van der Waals surface area contributed by atoms with Crippen LogP contribution >= 0.6 is 55.1 Å². The summed E-state index contributed by atoms with van der Waals surface area (Å²) in [6.07, 6.45) is 1.74. The highest BCUT2D eigenvalue weighted by atomic mass is 79.9. The molecule has 138 valence electrons. The molecule has 0 saturated carbocycles. The molecule has 1 aliphatic heterocycles. The van der Waals surface area contributed by atoms with Crippen molar-refractivity contribution in [3.8, 4) is 5.69 Å². The minimum atomic E-state index is 0.469. The Bertz CT molecular complexity index is 1020. The number of nitrogens with zero attached hydrogens (tertiary/aromatic N) is 4. The molecule has 6 nitrogen and oxygen atoms in total. The molecule has 0 saturated heterocycles. The van der Waals surface area contributed by atoms with E-state index in [0.717, 1.165) is 31.7 Å². The average molecular weight is 531 g/mol. The molecule has 0 spiro atoms. The smallest absolute Gasteiger partial charge is 0.177 e. The highest BCUT2D eigenvalue weighted by molar-refractivity contribution is 9.10. The van der Waals surface area contributed by atoms with E-state index < -0.39 is 0 Å². The van der Waals surface area contributed by atoms with Crippen molar-refractivity contribution < 1.29 is 0 Å². The molecule has 0 aliphatic carbocycles. The van der Waals surface area contributed by atoms with E-state index in [1.807, 2.05) is 23.2 Å². The summed E-state index contributed by atoms with van der Waals surface area (Å²) in [6.45, 7) is 0.628. The maximum atomic E-state index is 6.13. The molecule has 0 amide bonds. The van der Waals surface area contributed by atoms with Crippen LogP contribution < -0.4 is 11.1 Å². The Morgan fingerprint density at radius 3 is 2.52 bits per heavy atom. The Kier molecular flexibility index (Phi) is 5.43. The summed E-state index contributed by atoms with van der Waals surface area (Å²) >= 11 is 19.2. The molecule has 2 heterocycles. The Morgan fingerprint density at radius 2 is 1.78 bits per heavy atom. The molecular formula is C17H12Br2Cl2N6. The predicted octanol–water partition coefficient (Wildman–Crippen LogP) is 4.89. The molecule has 2 N–H and O–H groups in total. The lowest BCUT2D eigenvalue weighted by molar-refractivity contribution is 0.288. The Balaban J connectivity index is 1.62. The van der Waals surface area contributed by atoms with Crippen LogP contribution in [0.3, 0.4) is 0 Å². The van der Waals surface area contributed by atoms with Crippen LogP contribution in [0.5, 0.6) is 0 Å². The molecule has 10 heteroatoms. The first-order valence-corrected chi connectivity index (χ1v) is 10.2. The van der Waals surface area contributed by atoms with E-state index in [-0.39, 0.29) is 0 Å². The molecule has 27 heavy (non-hydrogen) atoms. The lowest BCUT2D eigenvalue weighted by Crippen LogP contribution is -2.40. The van der Waals surface area contributed by atoms with E-state index >= 15 is 0 Å². The van der Waals surface area contributed by atoms with E-state index in [0.29, 0.717) is 16.6 Å². The first-order chi connectivity index (χ1) is 13.0. The van der Waals surface area contributed by atoms with Crippen molar-refractivity contribution in [2.45, 2.75) is 6.54 Å². The average Bonchev–Trinajstić information content (AvgIpc) is 3.25. The molecule has 3 aromatic rings. The van der Waals surface area contributed by atoms with Gasteiger partial charge in [-0.2, -0.15) is 5.10 Å². The zero-order valence-corrected chi connectivity index (χ0v) is 18.3. The van der Waals surface area contributed by atoms with Crippen LogP contribution in [0.1, 0.15) is 11.1 Å². The fourth-order valence-electron chi connectivity index (χ4n) is 2.62. The van der Waals surface area contributed by atoms with E-state index in [1.54, 1.807) is 23.0 Å². The van der Waals surface area contributed by atoms with Gasteiger partial charge in [-0.25, -0.2) is 10.2 Å². The van der Waals surface area contributed by atoms with Gasteiger partial charge in [0, 0.05) is 4.47 Å². The number of benzene rings is 2. The zero-order chi connectivity index (χ0) is 19.0. The van der Waals surface area contributed by atoms with E-state index in [2.05, 4.69) is 65.3 Å². The van der Waals surface area contributed by atoms with Crippen LogP contribution in [0, 0.1) is 0 Å². The third-order valence-electron chi connectivity index (χ3n) is 3.96. The summed E-state index contributed by atoms with van der Waals surface area (Å²) in [7, 11) is 0. The Morgan fingerprint density at radius 1 is 1.00 bits per heavy atom. The van der Waals surface area contributed by atoms with Crippen LogP contribution in [-0.4, -0.2) is 20.6 Å². The number of hydrogen-bond acceptors (Lipinski definition) is 5. The largest absolute Gasteiger partial charge is 0.266 e. The maximum absolute atomic E-state index is 6.13. The predicted molar refractivity (Wildman–Crippen MR) is 114 cm³/mol. The number of hydrogen-bond donors (Lipinski definition) is 2. The molecule has 0 fully saturated rings. The fourth-order valence-corrected chi connectivity index (χ4v) is 3.76. The number of rotatable bonds is 4. The van der Waals surface area contributed by atoms with Crippen LogP contribution in [-0.2, 0) is 6.54 Å². The van der Waals surface area contributed by atoms with Crippen molar-refractivity contribution in [1.82, 2.24) is 25.9 Å². The molecule has 1 aromatic heterocycles. The van der Waals surface area contributed by atoms with Gasteiger partial charge in [-0.1, -0.05) is 51.3 Å². The van der Waals surface area contributed by atoms with E-state index in [4.69, 9.17) is 23.2 Å². The topological polar surface area (TPSA) is 57.5 Å². The van der Waals surface area contributed by atoms with E-state index in [1.165, 1.54) is 0 Å². The van der Waals surface area contributed by atoms with Crippen molar-refractivity contribution >= 4 is 60.9 Å². The number of halogens is 4. The van der Waals surface area contributed by atoms with Crippen molar-refractivity contribution in [3.63, 3.8) is 0 Å². The van der Waals surface area contributed by atoms with Gasteiger partial charge in [0.15, 0.2) is 5.84 Å². The van der Waals surface area contributed by atoms with Crippen LogP contribution in [0.25, 0.3) is 5.69 Å². The lowest BCUT2D eigenvalue weighted by atomic mass is 10.2. The van der Waals surface area contributed by atoms with Crippen molar-refractivity contribution in [3.05, 3.63) is 78.9 Å². The van der Waals surface area contributed by atoms with E-state index in [9.17, 15) is 0 Å². The Hall–Kier alpha value is -1.58. The fraction of sp³-hybridized carbons (Fsp3) is 0.0588.